The van der Waals surface area contributed by atoms with Crippen LogP contribution < -0.4 is 9.80 Å². The fraction of sp³-hybridized carbons (Fsp3) is 0.217. The number of nitriles is 1. The number of halogens is 3. The summed E-state index contributed by atoms with van der Waals surface area (Å²) in [5.74, 6) is -1.35. The molecule has 11 heteroatoms. The molecule has 0 unspecified atom stereocenters. The van der Waals surface area contributed by atoms with Crippen molar-refractivity contribution in [2.75, 3.05) is 9.80 Å². The Labute approximate surface area is 197 Å². The van der Waals surface area contributed by atoms with Gasteiger partial charge in [0, 0.05) is 16.9 Å². The molecule has 0 N–H and O–H groups in total. The SMILES string of the molecule is N#Cc1ccc(N2C(=O)C3(CCC3)N(c3ccc(/C=C/C(=O)N=O)cc3)C2=S)cc1C(F)(F)F. The van der Waals surface area contributed by atoms with Crippen molar-refractivity contribution in [3.05, 3.63) is 70.1 Å². The van der Waals surface area contributed by atoms with Crippen LogP contribution in [0.2, 0.25) is 0 Å². The van der Waals surface area contributed by atoms with Gasteiger partial charge >= 0.3 is 12.1 Å². The monoisotopic (exact) mass is 484 g/mol. The molecule has 0 radical (unpaired) electrons. The highest BCUT2D eigenvalue weighted by molar-refractivity contribution is 7.81. The third kappa shape index (κ3) is 3.76. The molecule has 2 aromatic carbocycles. The van der Waals surface area contributed by atoms with E-state index in [9.17, 15) is 27.7 Å². The molecule has 0 atom stereocenters. The first-order valence-electron chi connectivity index (χ1n) is 10.1. The van der Waals surface area contributed by atoms with Crippen LogP contribution in [0.4, 0.5) is 24.5 Å². The molecule has 2 amide bonds. The molecule has 2 aliphatic rings. The van der Waals surface area contributed by atoms with Crippen LogP contribution in [0.15, 0.2) is 53.7 Å². The van der Waals surface area contributed by atoms with Gasteiger partial charge in [-0.25, -0.2) is 0 Å². The van der Waals surface area contributed by atoms with Crippen LogP contribution in [0.5, 0.6) is 0 Å². The summed E-state index contributed by atoms with van der Waals surface area (Å²) in [6, 6.07) is 11.2. The Balaban J connectivity index is 1.72. The van der Waals surface area contributed by atoms with E-state index in [1.165, 1.54) is 18.2 Å². The minimum atomic E-state index is -4.77. The van der Waals surface area contributed by atoms with Gasteiger partial charge in [0.2, 0.25) is 0 Å². The molecule has 0 bridgehead atoms. The third-order valence-electron chi connectivity index (χ3n) is 5.94. The van der Waals surface area contributed by atoms with Gasteiger partial charge in [0.25, 0.3) is 5.91 Å². The lowest BCUT2D eigenvalue weighted by atomic mass is 9.75. The van der Waals surface area contributed by atoms with Gasteiger partial charge in [-0.15, -0.1) is 4.91 Å². The van der Waals surface area contributed by atoms with Crippen molar-refractivity contribution in [1.82, 2.24) is 0 Å². The summed E-state index contributed by atoms with van der Waals surface area (Å²) >= 11 is 5.56. The van der Waals surface area contributed by atoms with Crippen molar-refractivity contribution in [3.8, 4) is 6.07 Å². The summed E-state index contributed by atoms with van der Waals surface area (Å²) in [6.45, 7) is 0. The number of hydrogen-bond acceptors (Lipinski definition) is 5. The van der Waals surface area contributed by atoms with Crippen molar-refractivity contribution in [1.29, 1.82) is 5.26 Å². The normalized spacial score (nSPS) is 17.2. The molecule has 7 nitrogen and oxygen atoms in total. The predicted molar refractivity (Wildman–Crippen MR) is 122 cm³/mol. The van der Waals surface area contributed by atoms with E-state index in [1.807, 2.05) is 0 Å². The van der Waals surface area contributed by atoms with Gasteiger partial charge in [0.1, 0.15) is 5.54 Å². The molecular weight excluding hydrogens is 469 g/mol. The zero-order chi connectivity index (χ0) is 24.7. The average Bonchev–Trinajstić information content (AvgIpc) is 3.03. The fourth-order valence-electron chi connectivity index (χ4n) is 4.14. The van der Waals surface area contributed by atoms with Gasteiger partial charge in [-0.1, -0.05) is 12.1 Å². The highest BCUT2D eigenvalue weighted by atomic mass is 32.1. The lowest BCUT2D eigenvalue weighted by Crippen LogP contribution is -2.55. The van der Waals surface area contributed by atoms with E-state index >= 15 is 0 Å². The van der Waals surface area contributed by atoms with Gasteiger partial charge in [-0.2, -0.15) is 18.4 Å². The fourth-order valence-corrected chi connectivity index (χ4v) is 4.61. The number of nitrogens with zero attached hydrogens (tertiary/aromatic N) is 4. The van der Waals surface area contributed by atoms with Crippen LogP contribution in [0.1, 0.15) is 36.0 Å². The number of thiocarbonyl (C=S) groups is 1. The molecule has 34 heavy (non-hydrogen) atoms. The van der Waals surface area contributed by atoms with Crippen LogP contribution in [-0.4, -0.2) is 22.5 Å². The Morgan fingerprint density at radius 2 is 1.79 bits per heavy atom. The first-order valence-corrected chi connectivity index (χ1v) is 10.5. The first kappa shape index (κ1) is 23.3. The summed E-state index contributed by atoms with van der Waals surface area (Å²) in [5, 5.41) is 11.4. The first-order chi connectivity index (χ1) is 16.1. The predicted octanol–water partition coefficient (Wildman–Crippen LogP) is 4.94. The summed E-state index contributed by atoms with van der Waals surface area (Å²) in [4.78, 5) is 37.4. The molecule has 1 saturated heterocycles. The topological polar surface area (TPSA) is 93.8 Å². The van der Waals surface area contributed by atoms with E-state index in [2.05, 4.69) is 5.18 Å². The van der Waals surface area contributed by atoms with E-state index in [0.29, 0.717) is 24.1 Å². The van der Waals surface area contributed by atoms with E-state index < -0.39 is 34.7 Å². The van der Waals surface area contributed by atoms with Crippen molar-refractivity contribution >= 4 is 46.6 Å². The minimum absolute atomic E-state index is 0.0335. The summed E-state index contributed by atoms with van der Waals surface area (Å²) in [6.07, 6.45) is -0.644. The number of hydrogen-bond donors (Lipinski definition) is 0. The van der Waals surface area contributed by atoms with Crippen LogP contribution in [0.3, 0.4) is 0 Å². The number of alkyl halides is 3. The molecule has 4 rings (SSSR count). The maximum absolute atomic E-state index is 13.5. The van der Waals surface area contributed by atoms with Gasteiger partial charge in [-0.05, 0) is 73.5 Å². The second-order valence-electron chi connectivity index (χ2n) is 7.84. The van der Waals surface area contributed by atoms with E-state index in [0.717, 1.165) is 29.5 Å². The Kier molecular flexibility index (Phi) is 5.79. The number of anilines is 2. The van der Waals surface area contributed by atoms with E-state index in [-0.39, 0.29) is 10.8 Å². The van der Waals surface area contributed by atoms with E-state index in [1.54, 1.807) is 29.2 Å². The quantitative estimate of drug-likeness (QED) is 0.347. The summed E-state index contributed by atoms with van der Waals surface area (Å²) in [7, 11) is 0. The molecule has 1 heterocycles. The Bertz CT molecular complexity index is 1280. The second kappa shape index (κ2) is 8.46. The van der Waals surface area contributed by atoms with Crippen molar-refractivity contribution < 1.29 is 22.8 Å². The van der Waals surface area contributed by atoms with Gasteiger partial charge in [-0.3, -0.25) is 14.5 Å². The summed E-state index contributed by atoms with van der Waals surface area (Å²) in [5.41, 5.74) is -1.59. The lowest BCUT2D eigenvalue weighted by molar-refractivity contribution is -0.137. The molecule has 172 valence electrons. The third-order valence-corrected chi connectivity index (χ3v) is 6.30. The zero-order valence-electron chi connectivity index (χ0n) is 17.4. The highest BCUT2D eigenvalue weighted by Gasteiger charge is 2.59. The Morgan fingerprint density at radius 3 is 2.32 bits per heavy atom. The van der Waals surface area contributed by atoms with E-state index in [4.69, 9.17) is 17.5 Å². The van der Waals surface area contributed by atoms with Gasteiger partial charge in [0.05, 0.1) is 22.9 Å². The van der Waals surface area contributed by atoms with Crippen LogP contribution >= 0.6 is 12.2 Å². The van der Waals surface area contributed by atoms with Crippen LogP contribution in [-0.2, 0) is 15.8 Å². The second-order valence-corrected chi connectivity index (χ2v) is 8.20. The molecule has 1 aliphatic carbocycles. The maximum Gasteiger partial charge on any atom is 0.417 e. The van der Waals surface area contributed by atoms with Crippen LogP contribution in [0, 0.1) is 16.2 Å². The Hall–Kier alpha value is -3.91. The molecular formula is C23H15F3N4O3S. The molecule has 2 fully saturated rings. The average molecular weight is 484 g/mol. The number of carbonyl (C=O) groups excluding carboxylic acids is 2. The highest BCUT2D eigenvalue weighted by Crippen LogP contribution is 2.48. The standard InChI is InChI=1S/C23H15F3N4O3S/c24-23(25,26)18-12-17(8-5-15(18)13-27)29-20(32)22(10-1-11-22)30(21(29)34)16-6-2-14(3-7-16)4-9-19(31)28-33/h2-9,12H,1,10-11H2/b9-4+. The molecule has 1 aliphatic heterocycles. The van der Waals surface area contributed by atoms with Crippen molar-refractivity contribution in [2.45, 2.75) is 31.0 Å². The zero-order valence-corrected chi connectivity index (χ0v) is 18.2. The lowest BCUT2D eigenvalue weighted by Gasteiger charge is -2.43. The largest absolute Gasteiger partial charge is 0.417 e. The van der Waals surface area contributed by atoms with Crippen molar-refractivity contribution in [2.24, 2.45) is 5.18 Å². The van der Waals surface area contributed by atoms with Crippen molar-refractivity contribution in [3.63, 3.8) is 0 Å². The molecule has 2 aromatic rings. The number of nitroso groups, excluding NO2 is 1. The molecule has 1 spiro atoms. The number of carbonyl (C=O) groups is 2. The van der Waals surface area contributed by atoms with Crippen LogP contribution in [0.25, 0.3) is 6.08 Å². The maximum atomic E-state index is 13.5. The Morgan fingerprint density at radius 1 is 1.15 bits per heavy atom. The molecule has 0 aromatic heterocycles. The van der Waals surface area contributed by atoms with Gasteiger partial charge < -0.3 is 4.90 Å². The van der Waals surface area contributed by atoms with Gasteiger partial charge in [0.15, 0.2) is 5.11 Å². The summed E-state index contributed by atoms with van der Waals surface area (Å²) < 4.78 is 40.5. The minimum Gasteiger partial charge on any atom is -0.303 e. The smallest absolute Gasteiger partial charge is 0.303 e. The number of rotatable bonds is 4. The number of amides is 2. The number of benzene rings is 2. The molecule has 1 saturated carbocycles.